The largest absolute Gasteiger partial charge is 0.508 e. The van der Waals surface area contributed by atoms with Gasteiger partial charge in [-0.1, -0.05) is 72.8 Å². The minimum absolute atomic E-state index is 0.202. The van der Waals surface area contributed by atoms with Gasteiger partial charge in [0.1, 0.15) is 22.7 Å². The first-order chi connectivity index (χ1) is 16.6. The highest BCUT2D eigenvalue weighted by molar-refractivity contribution is 6.17. The van der Waals surface area contributed by atoms with Crippen LogP contribution in [0.4, 0.5) is 0 Å². The molecule has 6 aromatic rings. The number of hydrogen-bond acceptors (Lipinski definition) is 4. The summed E-state index contributed by atoms with van der Waals surface area (Å²) in [5.41, 5.74) is 6.16. The Hall–Kier alpha value is -4.57. The van der Waals surface area contributed by atoms with Crippen LogP contribution in [0.5, 0.6) is 5.75 Å². The monoisotopic (exact) mass is 444 g/mol. The maximum absolute atomic E-state index is 12.5. The van der Waals surface area contributed by atoms with E-state index in [0.717, 1.165) is 49.9 Å². The van der Waals surface area contributed by atoms with Gasteiger partial charge in [-0.15, -0.1) is 0 Å². The van der Waals surface area contributed by atoms with Crippen molar-refractivity contribution in [1.29, 1.82) is 0 Å². The summed E-state index contributed by atoms with van der Waals surface area (Å²) >= 11 is 0. The molecular weight excluding hydrogens is 424 g/mol. The van der Waals surface area contributed by atoms with E-state index in [1.165, 1.54) is 6.07 Å². The number of aromatic hydroxyl groups is 1. The first kappa shape index (κ1) is 20.1. The van der Waals surface area contributed by atoms with Crippen LogP contribution in [0.3, 0.4) is 0 Å². The minimum Gasteiger partial charge on any atom is -0.508 e. The Bertz CT molecular complexity index is 1710. The lowest BCUT2D eigenvalue weighted by Gasteiger charge is -2.09. The fourth-order valence-corrected chi connectivity index (χ4v) is 4.64. The van der Waals surface area contributed by atoms with E-state index in [1.807, 2.05) is 85.8 Å². The molecule has 4 heteroatoms. The molecule has 1 N–H and O–H groups in total. The number of rotatable bonds is 3. The summed E-state index contributed by atoms with van der Waals surface area (Å²) in [7, 11) is 0. The van der Waals surface area contributed by atoms with E-state index in [9.17, 15) is 9.90 Å². The van der Waals surface area contributed by atoms with E-state index in [1.54, 1.807) is 12.1 Å². The number of phenolic OH excluding ortho intramolecular Hbond substituents is 1. The number of benzene rings is 4. The maximum atomic E-state index is 12.5. The molecule has 0 aliphatic rings. The van der Waals surface area contributed by atoms with Gasteiger partial charge in [-0.25, -0.2) is 4.79 Å². The van der Waals surface area contributed by atoms with Crippen molar-refractivity contribution in [1.82, 2.24) is 0 Å². The lowest BCUT2D eigenvalue weighted by atomic mass is 9.93. The predicted molar refractivity (Wildman–Crippen MR) is 135 cm³/mol. The summed E-state index contributed by atoms with van der Waals surface area (Å²) in [6.07, 6.45) is 0. The first-order valence-corrected chi connectivity index (χ1v) is 11.0. The molecule has 34 heavy (non-hydrogen) atoms. The molecule has 0 saturated heterocycles. The van der Waals surface area contributed by atoms with Crippen LogP contribution in [-0.4, -0.2) is 5.11 Å². The number of fused-ring (bicyclic) bond motifs is 3. The summed E-state index contributed by atoms with van der Waals surface area (Å²) in [5.74, 6) is 0.926. The highest BCUT2D eigenvalue weighted by Crippen LogP contribution is 2.46. The second-order valence-corrected chi connectivity index (χ2v) is 8.33. The Morgan fingerprint density at radius 1 is 0.676 bits per heavy atom. The summed E-state index contributed by atoms with van der Waals surface area (Å²) in [5, 5.41) is 11.6. The molecule has 0 saturated carbocycles. The Balaban J connectivity index is 1.81. The normalized spacial score (nSPS) is 11.3. The van der Waals surface area contributed by atoms with Crippen molar-refractivity contribution in [3.63, 3.8) is 0 Å². The molecule has 164 valence electrons. The molecule has 0 atom stereocenters. The zero-order valence-corrected chi connectivity index (χ0v) is 18.4. The van der Waals surface area contributed by atoms with Crippen molar-refractivity contribution in [2.75, 3.05) is 0 Å². The Labute approximate surface area is 195 Å². The van der Waals surface area contributed by atoms with Crippen LogP contribution >= 0.6 is 0 Å². The highest BCUT2D eigenvalue weighted by Gasteiger charge is 2.24. The third-order valence-corrected chi connectivity index (χ3v) is 6.14. The molecule has 0 bridgehead atoms. The lowest BCUT2D eigenvalue weighted by Crippen LogP contribution is -1.99. The zero-order chi connectivity index (χ0) is 23.2. The summed E-state index contributed by atoms with van der Waals surface area (Å²) in [6.45, 7) is 1.99. The van der Waals surface area contributed by atoms with Gasteiger partial charge < -0.3 is 13.9 Å². The number of hydrogen-bond donors (Lipinski definition) is 1. The van der Waals surface area contributed by atoms with E-state index in [2.05, 4.69) is 0 Å². The van der Waals surface area contributed by atoms with Gasteiger partial charge in [0.25, 0.3) is 0 Å². The fourth-order valence-electron chi connectivity index (χ4n) is 4.64. The Morgan fingerprint density at radius 3 is 2.00 bits per heavy atom. The maximum Gasteiger partial charge on any atom is 0.336 e. The summed E-state index contributed by atoms with van der Waals surface area (Å²) in [6, 6.07) is 30.3. The second-order valence-electron chi connectivity index (χ2n) is 8.33. The molecule has 0 spiro atoms. The molecule has 0 amide bonds. The number of aryl methyl sites for hydroxylation is 1. The van der Waals surface area contributed by atoms with E-state index < -0.39 is 5.63 Å². The first-order valence-electron chi connectivity index (χ1n) is 11.0. The molecule has 2 heterocycles. The van der Waals surface area contributed by atoms with E-state index in [4.69, 9.17) is 8.83 Å². The van der Waals surface area contributed by atoms with Crippen LogP contribution in [0.1, 0.15) is 5.56 Å². The molecular formula is C30H20O4. The van der Waals surface area contributed by atoms with Gasteiger partial charge in [0.05, 0.1) is 5.39 Å². The quantitative estimate of drug-likeness (QED) is 0.286. The minimum atomic E-state index is -0.404. The molecule has 4 nitrogen and oxygen atoms in total. The zero-order valence-electron chi connectivity index (χ0n) is 18.4. The lowest BCUT2D eigenvalue weighted by molar-refractivity contribution is 0.475. The third-order valence-electron chi connectivity index (χ3n) is 6.14. The van der Waals surface area contributed by atoms with Crippen molar-refractivity contribution >= 4 is 21.9 Å². The van der Waals surface area contributed by atoms with Crippen LogP contribution in [0, 0.1) is 6.92 Å². The topological polar surface area (TPSA) is 63.6 Å². The van der Waals surface area contributed by atoms with E-state index in [-0.39, 0.29) is 5.75 Å². The van der Waals surface area contributed by atoms with Crippen LogP contribution in [-0.2, 0) is 0 Å². The van der Waals surface area contributed by atoms with Crippen molar-refractivity contribution in [3.8, 4) is 39.3 Å². The fraction of sp³-hybridized carbons (Fsp3) is 0.0333. The molecule has 0 aliphatic heterocycles. The third kappa shape index (κ3) is 3.20. The number of furan rings is 1. The van der Waals surface area contributed by atoms with E-state index >= 15 is 0 Å². The second kappa shape index (κ2) is 7.78. The summed E-state index contributed by atoms with van der Waals surface area (Å²) in [4.78, 5) is 12.5. The van der Waals surface area contributed by atoms with Crippen molar-refractivity contribution < 1.29 is 13.9 Å². The van der Waals surface area contributed by atoms with Crippen molar-refractivity contribution in [2.45, 2.75) is 6.92 Å². The van der Waals surface area contributed by atoms with Gasteiger partial charge in [0.15, 0.2) is 0 Å². The average molecular weight is 444 g/mol. The number of phenols is 1. The predicted octanol–water partition coefficient (Wildman–Crippen LogP) is 7.55. The van der Waals surface area contributed by atoms with Gasteiger partial charge in [0.2, 0.25) is 0 Å². The van der Waals surface area contributed by atoms with Gasteiger partial charge in [0, 0.05) is 28.1 Å². The van der Waals surface area contributed by atoms with Crippen molar-refractivity contribution in [2.24, 2.45) is 0 Å². The van der Waals surface area contributed by atoms with Gasteiger partial charge >= 0.3 is 5.63 Å². The smallest absolute Gasteiger partial charge is 0.336 e. The molecule has 0 radical (unpaired) electrons. The van der Waals surface area contributed by atoms with Gasteiger partial charge in [-0.2, -0.15) is 0 Å². The van der Waals surface area contributed by atoms with Crippen LogP contribution in [0.2, 0.25) is 0 Å². The highest BCUT2D eigenvalue weighted by atomic mass is 16.4. The Kier molecular flexibility index (Phi) is 4.59. The molecule has 4 aromatic carbocycles. The summed E-state index contributed by atoms with van der Waals surface area (Å²) < 4.78 is 12.3. The standard InChI is InChI=1S/C30H20O4/c1-18-16-24-28(23(17-25(32)33-24)19-8-4-2-5-9-19)30-26(18)27(20-12-14-22(31)15-13-20)29(34-30)21-10-6-3-7-11-21/h2-17,31H,1H3. The van der Waals surface area contributed by atoms with Crippen LogP contribution in [0.15, 0.2) is 111 Å². The van der Waals surface area contributed by atoms with E-state index in [0.29, 0.717) is 11.2 Å². The molecule has 0 unspecified atom stereocenters. The average Bonchev–Trinajstić information content (AvgIpc) is 3.26. The van der Waals surface area contributed by atoms with Crippen LogP contribution in [0.25, 0.3) is 55.5 Å². The van der Waals surface area contributed by atoms with Crippen LogP contribution < -0.4 is 5.63 Å². The SMILES string of the molecule is Cc1cc2oc(=O)cc(-c3ccccc3)c2c2oc(-c3ccccc3)c(-c3ccc(O)cc3)c12. The molecule has 6 rings (SSSR count). The molecule has 2 aromatic heterocycles. The molecule has 0 fully saturated rings. The molecule has 0 aliphatic carbocycles. The van der Waals surface area contributed by atoms with Gasteiger partial charge in [-0.3, -0.25) is 0 Å². The van der Waals surface area contributed by atoms with Gasteiger partial charge in [-0.05, 0) is 41.8 Å². The van der Waals surface area contributed by atoms with Crippen molar-refractivity contribution in [3.05, 3.63) is 113 Å². The Morgan fingerprint density at radius 2 is 1.32 bits per heavy atom.